The Bertz CT molecular complexity index is 867. The molecule has 1 spiro atoms. The topological polar surface area (TPSA) is 90.0 Å². The van der Waals surface area contributed by atoms with Crippen LogP contribution in [0.15, 0.2) is 23.1 Å². The van der Waals surface area contributed by atoms with E-state index in [1.807, 2.05) is 11.2 Å². The van der Waals surface area contributed by atoms with Crippen LogP contribution in [0.2, 0.25) is 0 Å². The van der Waals surface area contributed by atoms with Crippen LogP contribution in [-0.2, 0) is 14.8 Å². The Balaban J connectivity index is 1.79. The number of benzene rings is 1. The van der Waals surface area contributed by atoms with Crippen molar-refractivity contribution in [3.63, 3.8) is 0 Å². The van der Waals surface area contributed by atoms with Gasteiger partial charge >= 0.3 is 0 Å². The fourth-order valence-electron chi connectivity index (χ4n) is 4.42. The van der Waals surface area contributed by atoms with Gasteiger partial charge in [0.2, 0.25) is 15.9 Å². The lowest BCUT2D eigenvalue weighted by atomic mass is 9.97. The van der Waals surface area contributed by atoms with E-state index in [2.05, 4.69) is 12.2 Å². The molecule has 0 bridgehead atoms. The Hall–Kier alpha value is -1.29. The second-order valence-electron chi connectivity index (χ2n) is 8.18. The molecule has 0 aliphatic carbocycles. The Kier molecular flexibility index (Phi) is 7.37. The number of nitrogens with one attached hydrogen (secondary N) is 1. The van der Waals surface area contributed by atoms with Crippen molar-refractivity contribution in [2.45, 2.75) is 62.6 Å². The van der Waals surface area contributed by atoms with E-state index in [1.165, 1.54) is 10.4 Å². The van der Waals surface area contributed by atoms with Gasteiger partial charge in [0.1, 0.15) is 10.6 Å². The van der Waals surface area contributed by atoms with Gasteiger partial charge in [-0.3, -0.25) is 10.1 Å². The molecule has 0 saturated carbocycles. The average molecular weight is 456 g/mol. The molecule has 2 N–H and O–H groups in total. The molecule has 1 atom stereocenters. The van der Waals surface area contributed by atoms with Crippen LogP contribution in [0.1, 0.15) is 44.6 Å². The minimum Gasteiger partial charge on any atom is -0.506 e. The van der Waals surface area contributed by atoms with Crippen LogP contribution >= 0.6 is 11.8 Å². The normalized spacial score (nSPS) is 22.2. The number of aromatic hydroxyl groups is 1. The molecule has 2 aliphatic rings. The summed E-state index contributed by atoms with van der Waals surface area (Å²) in [6, 6.07) is 4.59. The van der Waals surface area contributed by atoms with Crippen molar-refractivity contribution >= 4 is 27.7 Å². The molecular weight excluding hydrogens is 422 g/mol. The summed E-state index contributed by atoms with van der Waals surface area (Å²) in [5.41, 5.74) is 0.0608. The maximum absolute atomic E-state index is 13.1. The molecule has 30 heavy (non-hydrogen) atoms. The number of piperidine rings is 1. The quantitative estimate of drug-likeness (QED) is 0.626. The Labute approximate surface area is 184 Å². The minimum atomic E-state index is -3.79. The maximum Gasteiger partial charge on any atom is 0.246 e. The summed E-state index contributed by atoms with van der Waals surface area (Å²) >= 11 is 1.73. The highest BCUT2D eigenvalue weighted by Gasteiger charge is 2.51. The van der Waals surface area contributed by atoms with Crippen LogP contribution < -0.4 is 5.32 Å². The number of unbranched alkanes of at least 4 members (excludes halogenated alkanes) is 1. The highest BCUT2D eigenvalue weighted by molar-refractivity contribution is 7.98. The van der Waals surface area contributed by atoms with E-state index in [-0.39, 0.29) is 22.6 Å². The second-order valence-corrected chi connectivity index (χ2v) is 11.1. The third-order valence-electron chi connectivity index (χ3n) is 6.24. The lowest BCUT2D eigenvalue weighted by Crippen LogP contribution is -2.59. The molecule has 9 heteroatoms. The van der Waals surface area contributed by atoms with E-state index in [4.69, 9.17) is 0 Å². The van der Waals surface area contributed by atoms with E-state index in [1.54, 1.807) is 30.8 Å². The molecule has 2 aliphatic heterocycles. The standard InChI is InChI=1S/C21H33N3O4S2/c1-4-5-12-24-20(26)17(9-15-29-3)22-21(24)10-13-23(14-11-21)30(27,28)18-8-6-7-16(2)19(18)25/h6-8,17,22,25H,4-5,9-15H2,1-3H3. The van der Waals surface area contributed by atoms with Gasteiger partial charge in [0.05, 0.1) is 11.7 Å². The summed E-state index contributed by atoms with van der Waals surface area (Å²) in [5, 5.41) is 13.9. The van der Waals surface area contributed by atoms with E-state index < -0.39 is 15.7 Å². The summed E-state index contributed by atoms with van der Waals surface area (Å²) in [5.74, 6) is 0.868. The maximum atomic E-state index is 13.1. The predicted molar refractivity (Wildman–Crippen MR) is 120 cm³/mol. The zero-order valence-electron chi connectivity index (χ0n) is 18.1. The lowest BCUT2D eigenvalue weighted by molar-refractivity contribution is -0.133. The molecule has 2 fully saturated rings. The molecule has 2 heterocycles. The molecule has 7 nitrogen and oxygen atoms in total. The Morgan fingerprint density at radius 1 is 1.30 bits per heavy atom. The fraction of sp³-hybridized carbons (Fsp3) is 0.667. The number of thioether (sulfide) groups is 1. The molecule has 3 rings (SSSR count). The van der Waals surface area contributed by atoms with Crippen molar-refractivity contribution < 1.29 is 18.3 Å². The van der Waals surface area contributed by atoms with Crippen molar-refractivity contribution in [1.29, 1.82) is 0 Å². The van der Waals surface area contributed by atoms with E-state index in [0.29, 0.717) is 38.0 Å². The van der Waals surface area contributed by atoms with Gasteiger partial charge in [-0.05, 0) is 56.2 Å². The number of carbonyl (C=O) groups excluding carboxylic acids is 1. The first-order chi connectivity index (χ1) is 14.3. The molecule has 0 radical (unpaired) electrons. The Morgan fingerprint density at radius 2 is 2.00 bits per heavy atom. The van der Waals surface area contributed by atoms with E-state index >= 15 is 0 Å². The number of nitrogens with zero attached hydrogens (tertiary/aromatic N) is 2. The van der Waals surface area contributed by atoms with Gasteiger partial charge in [-0.1, -0.05) is 25.5 Å². The van der Waals surface area contributed by atoms with Gasteiger partial charge in [-0.2, -0.15) is 16.1 Å². The average Bonchev–Trinajstić information content (AvgIpc) is 2.97. The highest BCUT2D eigenvalue weighted by atomic mass is 32.2. The van der Waals surface area contributed by atoms with Crippen molar-refractivity contribution in [3.05, 3.63) is 23.8 Å². The summed E-state index contributed by atoms with van der Waals surface area (Å²) in [7, 11) is -3.79. The van der Waals surface area contributed by atoms with Gasteiger partial charge in [-0.15, -0.1) is 0 Å². The molecular formula is C21H33N3O4S2. The number of hydrogen-bond acceptors (Lipinski definition) is 6. The lowest BCUT2D eigenvalue weighted by Gasteiger charge is -2.44. The minimum absolute atomic E-state index is 0.0467. The predicted octanol–water partition coefficient (Wildman–Crippen LogP) is 2.54. The van der Waals surface area contributed by atoms with Gasteiger partial charge in [0, 0.05) is 19.6 Å². The zero-order valence-corrected chi connectivity index (χ0v) is 19.7. The van der Waals surface area contributed by atoms with Crippen LogP contribution in [0.25, 0.3) is 0 Å². The zero-order chi connectivity index (χ0) is 21.9. The number of para-hydroxylation sites is 1. The van der Waals surface area contributed by atoms with E-state index in [0.717, 1.165) is 25.0 Å². The molecule has 1 aromatic carbocycles. The monoisotopic (exact) mass is 455 g/mol. The van der Waals surface area contributed by atoms with Crippen LogP contribution in [-0.4, -0.2) is 72.0 Å². The van der Waals surface area contributed by atoms with Gasteiger partial charge < -0.3 is 10.0 Å². The number of sulfonamides is 1. The summed E-state index contributed by atoms with van der Waals surface area (Å²) in [6.07, 6.45) is 5.85. The largest absolute Gasteiger partial charge is 0.506 e. The van der Waals surface area contributed by atoms with Gasteiger partial charge in [-0.25, -0.2) is 8.42 Å². The molecule has 2 saturated heterocycles. The fourth-order valence-corrected chi connectivity index (χ4v) is 6.49. The number of phenols is 1. The summed E-state index contributed by atoms with van der Waals surface area (Å²) < 4.78 is 27.7. The summed E-state index contributed by atoms with van der Waals surface area (Å²) in [6.45, 7) is 5.12. The molecule has 1 unspecified atom stereocenters. The highest BCUT2D eigenvalue weighted by Crippen LogP contribution is 2.37. The summed E-state index contributed by atoms with van der Waals surface area (Å²) in [4.78, 5) is 15.0. The van der Waals surface area contributed by atoms with Crippen LogP contribution in [0, 0.1) is 6.92 Å². The number of amides is 1. The van der Waals surface area contributed by atoms with Crippen molar-refractivity contribution in [1.82, 2.24) is 14.5 Å². The first kappa shape index (κ1) is 23.4. The SMILES string of the molecule is CCCCN1C(=O)C(CCSC)NC12CCN(S(=O)(=O)c1cccc(C)c1O)CC2. The second kappa shape index (κ2) is 9.46. The number of rotatable bonds is 8. The molecule has 1 amide bonds. The van der Waals surface area contributed by atoms with Crippen molar-refractivity contribution in [2.75, 3.05) is 31.6 Å². The van der Waals surface area contributed by atoms with Gasteiger partial charge in [0.15, 0.2) is 0 Å². The van der Waals surface area contributed by atoms with Crippen LogP contribution in [0.4, 0.5) is 0 Å². The van der Waals surface area contributed by atoms with Gasteiger partial charge in [0.25, 0.3) is 0 Å². The number of hydrogen-bond donors (Lipinski definition) is 2. The van der Waals surface area contributed by atoms with Crippen LogP contribution in [0.5, 0.6) is 5.75 Å². The smallest absolute Gasteiger partial charge is 0.246 e. The first-order valence-corrected chi connectivity index (χ1v) is 13.5. The number of carbonyl (C=O) groups is 1. The van der Waals surface area contributed by atoms with Crippen molar-refractivity contribution in [2.24, 2.45) is 0 Å². The Morgan fingerprint density at radius 3 is 2.63 bits per heavy atom. The first-order valence-electron chi connectivity index (χ1n) is 10.6. The number of aryl methyl sites for hydroxylation is 1. The third kappa shape index (κ3) is 4.35. The van der Waals surface area contributed by atoms with E-state index in [9.17, 15) is 18.3 Å². The molecule has 0 aromatic heterocycles. The molecule has 168 valence electrons. The van der Waals surface area contributed by atoms with Crippen molar-refractivity contribution in [3.8, 4) is 5.75 Å². The van der Waals surface area contributed by atoms with Crippen LogP contribution in [0.3, 0.4) is 0 Å². The molecule has 1 aromatic rings. The third-order valence-corrected chi connectivity index (χ3v) is 8.81. The number of phenolic OH excluding ortho intramolecular Hbond substituents is 1.